The Labute approximate surface area is 184 Å². The number of fused-ring (bicyclic) bond motifs is 3. The van der Waals surface area contributed by atoms with Gasteiger partial charge in [0.15, 0.2) is 0 Å². The first-order chi connectivity index (χ1) is 15.2. The van der Waals surface area contributed by atoms with Crippen molar-refractivity contribution in [2.75, 3.05) is 0 Å². The van der Waals surface area contributed by atoms with Crippen LogP contribution in [0.25, 0.3) is 21.6 Å². The number of aromatic nitrogens is 2. The fourth-order valence-corrected chi connectivity index (χ4v) is 5.44. The van der Waals surface area contributed by atoms with Crippen molar-refractivity contribution in [1.82, 2.24) is 14.9 Å². The van der Waals surface area contributed by atoms with E-state index in [4.69, 9.17) is 4.98 Å². The highest BCUT2D eigenvalue weighted by Gasteiger charge is 2.23. The van der Waals surface area contributed by atoms with Gasteiger partial charge in [-0.25, -0.2) is 4.98 Å². The molecular weight excluding hydrogens is 406 g/mol. The molecule has 31 heavy (non-hydrogen) atoms. The second-order valence-corrected chi connectivity index (χ2v) is 8.93. The molecule has 6 heteroatoms. The van der Waals surface area contributed by atoms with E-state index in [2.05, 4.69) is 5.32 Å². The number of carbonyl (C=O) groups is 1. The molecule has 1 N–H and O–H groups in total. The van der Waals surface area contributed by atoms with Crippen LogP contribution in [0, 0.1) is 0 Å². The molecule has 0 aliphatic heterocycles. The minimum atomic E-state index is -0.201. The predicted molar refractivity (Wildman–Crippen MR) is 124 cm³/mol. The summed E-state index contributed by atoms with van der Waals surface area (Å²) in [5, 5.41) is 3.64. The second kappa shape index (κ2) is 8.47. The van der Waals surface area contributed by atoms with Gasteiger partial charge in [-0.05, 0) is 36.8 Å². The zero-order valence-corrected chi connectivity index (χ0v) is 18.0. The van der Waals surface area contributed by atoms with E-state index in [-0.39, 0.29) is 18.0 Å². The number of aryl methyl sites for hydroxylation is 2. The molecule has 0 saturated carbocycles. The molecular formula is C25H23N3O2S. The van der Waals surface area contributed by atoms with Crippen molar-refractivity contribution in [2.45, 2.75) is 38.8 Å². The van der Waals surface area contributed by atoms with Crippen molar-refractivity contribution in [3.63, 3.8) is 0 Å². The molecule has 5 nitrogen and oxygen atoms in total. The van der Waals surface area contributed by atoms with Gasteiger partial charge in [0, 0.05) is 17.0 Å². The molecule has 1 aliphatic carbocycles. The van der Waals surface area contributed by atoms with Crippen LogP contribution >= 0.6 is 11.3 Å². The highest BCUT2D eigenvalue weighted by atomic mass is 32.1. The molecule has 156 valence electrons. The molecule has 1 aliphatic rings. The lowest BCUT2D eigenvalue weighted by molar-refractivity contribution is -0.121. The van der Waals surface area contributed by atoms with Crippen molar-refractivity contribution in [2.24, 2.45) is 0 Å². The molecule has 0 atom stereocenters. The summed E-state index contributed by atoms with van der Waals surface area (Å²) in [6, 6.07) is 19.4. The number of carbonyl (C=O) groups excluding carboxylic acids is 1. The zero-order valence-electron chi connectivity index (χ0n) is 17.1. The van der Waals surface area contributed by atoms with E-state index in [0.29, 0.717) is 17.8 Å². The molecule has 0 radical (unpaired) electrons. The van der Waals surface area contributed by atoms with E-state index in [1.54, 1.807) is 15.9 Å². The molecule has 0 bridgehead atoms. The van der Waals surface area contributed by atoms with Gasteiger partial charge in [0.25, 0.3) is 5.56 Å². The van der Waals surface area contributed by atoms with Crippen molar-refractivity contribution in [3.05, 3.63) is 87.0 Å². The van der Waals surface area contributed by atoms with Gasteiger partial charge in [0.1, 0.15) is 17.2 Å². The third kappa shape index (κ3) is 3.91. The van der Waals surface area contributed by atoms with Gasteiger partial charge in [-0.15, -0.1) is 11.3 Å². The highest BCUT2D eigenvalue weighted by molar-refractivity contribution is 7.18. The Bertz CT molecular complexity index is 1290. The number of thiophene rings is 1. The van der Waals surface area contributed by atoms with Crippen LogP contribution in [-0.4, -0.2) is 15.5 Å². The molecule has 0 unspecified atom stereocenters. The summed E-state index contributed by atoms with van der Waals surface area (Å²) in [7, 11) is 0. The molecule has 2 aromatic carbocycles. The number of amides is 1. The summed E-state index contributed by atoms with van der Waals surface area (Å²) in [5.41, 5.74) is 2.88. The lowest BCUT2D eigenvalue weighted by Gasteiger charge is -2.14. The quantitative estimate of drug-likeness (QED) is 0.514. The van der Waals surface area contributed by atoms with Crippen LogP contribution in [0.5, 0.6) is 0 Å². The lowest BCUT2D eigenvalue weighted by Crippen LogP contribution is -2.33. The summed E-state index contributed by atoms with van der Waals surface area (Å²) in [5.74, 6) is 0.347. The van der Waals surface area contributed by atoms with Gasteiger partial charge < -0.3 is 5.32 Å². The van der Waals surface area contributed by atoms with Gasteiger partial charge in [-0.1, -0.05) is 60.7 Å². The fraction of sp³-hybridized carbons (Fsp3) is 0.240. The van der Waals surface area contributed by atoms with Gasteiger partial charge in [-0.2, -0.15) is 0 Å². The van der Waals surface area contributed by atoms with E-state index < -0.39 is 0 Å². The Morgan fingerprint density at radius 3 is 2.48 bits per heavy atom. The van der Waals surface area contributed by atoms with Crippen LogP contribution in [0.2, 0.25) is 0 Å². The Kier molecular flexibility index (Phi) is 5.38. The zero-order chi connectivity index (χ0) is 21.2. The first-order valence-corrected chi connectivity index (χ1v) is 11.4. The summed E-state index contributed by atoms with van der Waals surface area (Å²) >= 11 is 1.63. The van der Waals surface area contributed by atoms with E-state index in [1.165, 1.54) is 4.88 Å². The number of benzene rings is 2. The van der Waals surface area contributed by atoms with E-state index in [1.807, 2.05) is 60.7 Å². The van der Waals surface area contributed by atoms with Gasteiger partial charge in [0.2, 0.25) is 5.91 Å². The monoisotopic (exact) mass is 429 g/mol. The van der Waals surface area contributed by atoms with Crippen LogP contribution in [-0.2, 0) is 30.7 Å². The molecule has 2 heterocycles. The first-order valence-electron chi connectivity index (χ1n) is 10.6. The Hall–Kier alpha value is -3.25. The summed E-state index contributed by atoms with van der Waals surface area (Å²) in [6.07, 6.45) is 4.17. The molecule has 5 rings (SSSR count). The third-order valence-electron chi connectivity index (χ3n) is 5.74. The molecule has 0 saturated heterocycles. The van der Waals surface area contributed by atoms with Crippen molar-refractivity contribution >= 4 is 27.5 Å². The minimum absolute atomic E-state index is 0.0521. The molecule has 4 aromatic rings. The Balaban J connectivity index is 1.55. The SMILES string of the molecule is O=C(Cn1c(-c2ccccc2)nc2sc3c(c2c1=O)CCCC3)NCc1ccccc1. The van der Waals surface area contributed by atoms with Crippen LogP contribution in [0.4, 0.5) is 0 Å². The molecule has 1 amide bonds. The van der Waals surface area contributed by atoms with Crippen molar-refractivity contribution < 1.29 is 4.79 Å². The smallest absolute Gasteiger partial charge is 0.263 e. The average molecular weight is 430 g/mol. The number of nitrogens with zero attached hydrogens (tertiary/aromatic N) is 2. The predicted octanol–water partition coefficient (Wildman–Crippen LogP) is 4.32. The van der Waals surface area contributed by atoms with Crippen LogP contribution in [0.15, 0.2) is 65.5 Å². The third-order valence-corrected chi connectivity index (χ3v) is 6.93. The number of hydrogen-bond acceptors (Lipinski definition) is 4. The topological polar surface area (TPSA) is 64.0 Å². The van der Waals surface area contributed by atoms with E-state index in [9.17, 15) is 9.59 Å². The van der Waals surface area contributed by atoms with Gasteiger partial charge in [0.05, 0.1) is 5.39 Å². The molecule has 0 spiro atoms. The first kappa shape index (κ1) is 19.7. The number of rotatable bonds is 5. The normalized spacial score (nSPS) is 13.2. The lowest BCUT2D eigenvalue weighted by atomic mass is 9.97. The number of nitrogens with one attached hydrogen (secondary N) is 1. The van der Waals surface area contributed by atoms with E-state index >= 15 is 0 Å². The number of hydrogen-bond donors (Lipinski definition) is 1. The molecule has 2 aromatic heterocycles. The maximum Gasteiger partial charge on any atom is 0.263 e. The maximum atomic E-state index is 13.6. The van der Waals surface area contributed by atoms with Crippen molar-refractivity contribution in [1.29, 1.82) is 0 Å². The van der Waals surface area contributed by atoms with Crippen LogP contribution in [0.3, 0.4) is 0 Å². The maximum absolute atomic E-state index is 13.6. The summed E-state index contributed by atoms with van der Waals surface area (Å²) in [6.45, 7) is 0.377. The Morgan fingerprint density at radius 2 is 1.71 bits per heavy atom. The van der Waals surface area contributed by atoms with Gasteiger partial charge in [-0.3, -0.25) is 14.2 Å². The van der Waals surface area contributed by atoms with Crippen LogP contribution in [0.1, 0.15) is 28.8 Å². The minimum Gasteiger partial charge on any atom is -0.350 e. The van der Waals surface area contributed by atoms with Crippen molar-refractivity contribution in [3.8, 4) is 11.4 Å². The Morgan fingerprint density at radius 1 is 1.00 bits per heavy atom. The van der Waals surface area contributed by atoms with E-state index in [0.717, 1.165) is 47.2 Å². The van der Waals surface area contributed by atoms with Gasteiger partial charge >= 0.3 is 0 Å². The second-order valence-electron chi connectivity index (χ2n) is 7.85. The summed E-state index contributed by atoms with van der Waals surface area (Å²) < 4.78 is 1.54. The summed E-state index contributed by atoms with van der Waals surface area (Å²) in [4.78, 5) is 33.4. The molecule has 0 fully saturated rings. The largest absolute Gasteiger partial charge is 0.350 e. The van der Waals surface area contributed by atoms with Crippen LogP contribution < -0.4 is 10.9 Å². The standard InChI is InChI=1S/C25H23N3O2S/c29-21(26-15-17-9-3-1-4-10-17)16-28-23(18-11-5-2-6-12-18)27-24-22(25(28)30)19-13-7-8-14-20(19)31-24/h1-6,9-12H,7-8,13-16H2,(H,26,29). The average Bonchev–Trinajstić information content (AvgIpc) is 3.19. The fourth-order valence-electron chi connectivity index (χ4n) is 4.19. The highest BCUT2D eigenvalue weighted by Crippen LogP contribution is 2.34.